The lowest BCUT2D eigenvalue weighted by Crippen LogP contribution is -2.17. The summed E-state index contributed by atoms with van der Waals surface area (Å²) in [6.45, 7) is 4.19. The molecule has 0 atom stereocenters. The Hall–Kier alpha value is -3.69. The van der Waals surface area contributed by atoms with Crippen LogP contribution in [0.15, 0.2) is 85.6 Å². The fraction of sp³-hybridized carbons (Fsp3) is 0.259. The molecular formula is C27H28N2O3. The van der Waals surface area contributed by atoms with Crippen molar-refractivity contribution in [2.45, 2.75) is 38.3 Å². The van der Waals surface area contributed by atoms with Crippen molar-refractivity contribution in [2.75, 3.05) is 12.0 Å². The maximum absolute atomic E-state index is 6.34. The molecule has 3 aromatic rings. The zero-order chi connectivity index (χ0) is 22.2. The summed E-state index contributed by atoms with van der Waals surface area (Å²) in [5.74, 6) is 2.26. The smallest absolute Gasteiger partial charge is 0.163 e. The Morgan fingerprint density at radius 3 is 2.53 bits per heavy atom. The minimum Gasteiger partial charge on any atom is -0.493 e. The highest BCUT2D eigenvalue weighted by molar-refractivity contribution is 5.67. The molecule has 0 N–H and O–H groups in total. The molecule has 1 aliphatic carbocycles. The Labute approximate surface area is 189 Å². The van der Waals surface area contributed by atoms with Crippen molar-refractivity contribution < 1.29 is 14.2 Å². The van der Waals surface area contributed by atoms with Crippen molar-refractivity contribution in [1.29, 1.82) is 0 Å². The third-order valence-corrected chi connectivity index (χ3v) is 5.54. The lowest BCUT2D eigenvalue weighted by atomic mass is 10.1. The Kier molecular flexibility index (Phi) is 7.11. The highest BCUT2D eigenvalue weighted by Gasteiger charge is 2.20. The van der Waals surface area contributed by atoms with Gasteiger partial charge < -0.3 is 19.1 Å². The third-order valence-electron chi connectivity index (χ3n) is 5.54. The Bertz CT molecular complexity index is 1050. The van der Waals surface area contributed by atoms with E-state index in [0.29, 0.717) is 6.54 Å². The van der Waals surface area contributed by atoms with E-state index in [1.54, 1.807) is 13.3 Å². The fourth-order valence-electron chi connectivity index (χ4n) is 3.93. The topological polar surface area (TPSA) is 43.8 Å². The molecule has 5 heteroatoms. The second-order valence-corrected chi connectivity index (χ2v) is 7.74. The molecule has 32 heavy (non-hydrogen) atoms. The van der Waals surface area contributed by atoms with Crippen molar-refractivity contribution in [3.8, 4) is 17.2 Å². The number of pyridine rings is 1. The first-order chi connectivity index (χ1) is 15.8. The van der Waals surface area contributed by atoms with Gasteiger partial charge in [-0.2, -0.15) is 0 Å². The van der Waals surface area contributed by atoms with Crippen molar-refractivity contribution in [1.82, 2.24) is 4.98 Å². The molecule has 0 spiro atoms. The molecule has 1 heterocycles. The summed E-state index contributed by atoms with van der Waals surface area (Å²) in [6.07, 6.45) is 9.98. The van der Waals surface area contributed by atoms with Gasteiger partial charge in [0.2, 0.25) is 0 Å². The number of ether oxygens (including phenoxy) is 3. The van der Waals surface area contributed by atoms with Crippen LogP contribution in [0.2, 0.25) is 0 Å². The van der Waals surface area contributed by atoms with Crippen LogP contribution in [0, 0.1) is 0 Å². The number of hydrogen-bond donors (Lipinski definition) is 0. The zero-order valence-electron chi connectivity index (χ0n) is 18.4. The summed E-state index contributed by atoms with van der Waals surface area (Å²) < 4.78 is 17.4. The van der Waals surface area contributed by atoms with Crippen molar-refractivity contribution in [3.63, 3.8) is 0 Å². The zero-order valence-corrected chi connectivity index (χ0v) is 18.4. The maximum Gasteiger partial charge on any atom is 0.163 e. The highest BCUT2D eigenvalue weighted by Crippen LogP contribution is 2.38. The number of rotatable bonds is 9. The van der Waals surface area contributed by atoms with Gasteiger partial charge in [0, 0.05) is 36.4 Å². The molecule has 164 valence electrons. The van der Waals surface area contributed by atoms with Gasteiger partial charge in [-0.1, -0.05) is 18.4 Å². The van der Waals surface area contributed by atoms with Crippen LogP contribution in [-0.2, 0) is 6.54 Å². The Balaban J connectivity index is 1.68. The van der Waals surface area contributed by atoms with Crippen LogP contribution >= 0.6 is 0 Å². The van der Waals surface area contributed by atoms with E-state index in [1.165, 1.54) is 19.1 Å². The monoisotopic (exact) mass is 428 g/mol. The first-order valence-corrected chi connectivity index (χ1v) is 10.9. The van der Waals surface area contributed by atoms with Crippen molar-refractivity contribution >= 4 is 11.4 Å². The number of benzene rings is 2. The number of anilines is 2. The minimum atomic E-state index is 0.250. The average Bonchev–Trinajstić information content (AvgIpc) is 3.35. The van der Waals surface area contributed by atoms with Gasteiger partial charge in [-0.05, 0) is 73.7 Å². The minimum absolute atomic E-state index is 0.250. The number of nitrogens with zero attached hydrogens (tertiary/aromatic N) is 2. The predicted octanol–water partition coefficient (Wildman–Crippen LogP) is 6.43. The van der Waals surface area contributed by atoms with E-state index in [2.05, 4.69) is 40.4 Å². The molecule has 1 fully saturated rings. The van der Waals surface area contributed by atoms with Gasteiger partial charge in [0.25, 0.3) is 0 Å². The van der Waals surface area contributed by atoms with Crippen molar-refractivity contribution in [2.24, 2.45) is 0 Å². The molecule has 0 unspecified atom stereocenters. The summed E-state index contributed by atoms with van der Waals surface area (Å²) >= 11 is 0. The van der Waals surface area contributed by atoms with E-state index in [9.17, 15) is 0 Å². The van der Waals surface area contributed by atoms with Crippen LogP contribution in [0.1, 0.15) is 31.2 Å². The van der Waals surface area contributed by atoms with Crippen LogP contribution in [-0.4, -0.2) is 18.2 Å². The lowest BCUT2D eigenvalue weighted by Gasteiger charge is -2.27. The SMILES string of the molecule is C=C=COc1ccc(N(Cc2cccnc2)c2ccc(OC)c(OC3CCCC3)c2)cc1. The Morgan fingerprint density at radius 1 is 1.06 bits per heavy atom. The van der Waals surface area contributed by atoms with Crippen LogP contribution in [0.3, 0.4) is 0 Å². The maximum atomic E-state index is 6.34. The normalized spacial score (nSPS) is 13.3. The summed E-state index contributed by atoms with van der Waals surface area (Å²) in [5, 5.41) is 0. The van der Waals surface area contributed by atoms with Gasteiger partial charge >= 0.3 is 0 Å². The first kappa shape index (κ1) is 21.5. The van der Waals surface area contributed by atoms with E-state index >= 15 is 0 Å². The lowest BCUT2D eigenvalue weighted by molar-refractivity contribution is 0.201. The summed E-state index contributed by atoms with van der Waals surface area (Å²) in [7, 11) is 1.68. The van der Waals surface area contributed by atoms with E-state index in [1.807, 2.05) is 42.6 Å². The van der Waals surface area contributed by atoms with Crippen molar-refractivity contribution in [3.05, 3.63) is 91.1 Å². The summed E-state index contributed by atoms with van der Waals surface area (Å²) in [5.41, 5.74) is 5.77. The molecule has 1 aromatic heterocycles. The number of methoxy groups -OCH3 is 1. The quantitative estimate of drug-likeness (QED) is 0.290. The molecule has 0 bridgehead atoms. The summed E-state index contributed by atoms with van der Waals surface area (Å²) in [6, 6.07) is 18.1. The molecule has 0 radical (unpaired) electrons. The molecule has 0 saturated heterocycles. The van der Waals surface area contributed by atoms with Gasteiger partial charge in [-0.25, -0.2) is 0 Å². The van der Waals surface area contributed by atoms with E-state index < -0.39 is 0 Å². The first-order valence-electron chi connectivity index (χ1n) is 10.9. The molecule has 0 amide bonds. The van der Waals surface area contributed by atoms with Gasteiger partial charge in [0.05, 0.1) is 13.2 Å². The largest absolute Gasteiger partial charge is 0.493 e. The average molecular weight is 429 g/mol. The highest BCUT2D eigenvalue weighted by atomic mass is 16.5. The van der Waals surface area contributed by atoms with Gasteiger partial charge in [-0.3, -0.25) is 4.98 Å². The van der Waals surface area contributed by atoms with Crippen LogP contribution in [0.25, 0.3) is 0 Å². The van der Waals surface area contributed by atoms with E-state index in [-0.39, 0.29) is 6.10 Å². The second-order valence-electron chi connectivity index (χ2n) is 7.74. The van der Waals surface area contributed by atoms with E-state index in [4.69, 9.17) is 14.2 Å². The second kappa shape index (κ2) is 10.6. The standard InChI is InChI=1S/C27H28N2O3/c1-3-17-31-24-13-10-22(11-14-24)29(20-21-7-6-16-28-19-21)23-12-15-26(30-2)27(18-23)32-25-8-4-5-9-25/h6-7,10-19,25H,1,4-5,8-9,20H2,2H3. The van der Waals surface area contributed by atoms with Crippen LogP contribution < -0.4 is 19.1 Å². The molecule has 2 aromatic carbocycles. The fourth-order valence-corrected chi connectivity index (χ4v) is 3.93. The predicted molar refractivity (Wildman–Crippen MR) is 127 cm³/mol. The molecule has 1 aliphatic rings. The molecule has 5 nitrogen and oxygen atoms in total. The van der Waals surface area contributed by atoms with Gasteiger partial charge in [0.1, 0.15) is 12.0 Å². The molecule has 0 aliphatic heterocycles. The molecular weight excluding hydrogens is 400 g/mol. The Morgan fingerprint density at radius 2 is 1.84 bits per heavy atom. The van der Waals surface area contributed by atoms with Crippen LogP contribution in [0.5, 0.6) is 17.2 Å². The molecule has 4 rings (SSSR count). The van der Waals surface area contributed by atoms with Crippen LogP contribution in [0.4, 0.5) is 11.4 Å². The van der Waals surface area contributed by atoms with E-state index in [0.717, 1.165) is 47.0 Å². The summed E-state index contributed by atoms with van der Waals surface area (Å²) in [4.78, 5) is 6.51. The van der Waals surface area contributed by atoms with Gasteiger partial charge in [-0.15, -0.1) is 0 Å². The number of aromatic nitrogens is 1. The molecule has 1 saturated carbocycles. The van der Waals surface area contributed by atoms with Gasteiger partial charge in [0.15, 0.2) is 11.5 Å². The third kappa shape index (κ3) is 5.32. The number of hydrogen-bond acceptors (Lipinski definition) is 5.